The Morgan fingerprint density at radius 2 is 1.67 bits per heavy atom. The van der Waals surface area contributed by atoms with Gasteiger partial charge in [-0.3, -0.25) is 0 Å². The molecular formula is C18H20ClNO. The molecule has 0 aliphatic carbocycles. The summed E-state index contributed by atoms with van der Waals surface area (Å²) in [4.78, 5) is 0. The molecule has 2 unspecified atom stereocenters. The van der Waals surface area contributed by atoms with Gasteiger partial charge >= 0.3 is 0 Å². The first-order valence-electron chi connectivity index (χ1n) is 7.40. The van der Waals surface area contributed by atoms with Gasteiger partial charge in [0.25, 0.3) is 0 Å². The van der Waals surface area contributed by atoms with Crippen LogP contribution in [0.3, 0.4) is 0 Å². The number of hydrogen-bond donors (Lipinski definition) is 1. The van der Waals surface area contributed by atoms with Crippen molar-refractivity contribution in [3.63, 3.8) is 0 Å². The second-order valence-corrected chi connectivity index (χ2v) is 6.06. The zero-order valence-corrected chi connectivity index (χ0v) is 13.2. The Morgan fingerprint density at radius 3 is 2.43 bits per heavy atom. The van der Waals surface area contributed by atoms with E-state index in [0.717, 1.165) is 23.8 Å². The largest absolute Gasteiger partial charge is 0.493 e. The van der Waals surface area contributed by atoms with Crippen molar-refractivity contribution in [1.82, 2.24) is 5.32 Å². The van der Waals surface area contributed by atoms with Crippen LogP contribution < -0.4 is 10.1 Å². The first kappa shape index (κ1) is 14.4. The Kier molecular flexibility index (Phi) is 4.18. The lowest BCUT2D eigenvalue weighted by molar-refractivity contribution is 0.356. The summed E-state index contributed by atoms with van der Waals surface area (Å²) in [5.41, 5.74) is 3.87. The van der Waals surface area contributed by atoms with E-state index in [1.54, 1.807) is 0 Å². The predicted molar refractivity (Wildman–Crippen MR) is 87.1 cm³/mol. The smallest absolute Gasteiger partial charge is 0.122 e. The van der Waals surface area contributed by atoms with E-state index >= 15 is 0 Å². The highest BCUT2D eigenvalue weighted by molar-refractivity contribution is 6.30. The van der Waals surface area contributed by atoms with Crippen molar-refractivity contribution in [3.8, 4) is 5.75 Å². The van der Waals surface area contributed by atoms with E-state index in [1.165, 1.54) is 16.7 Å². The minimum absolute atomic E-state index is 0.279. The number of ether oxygens (including phenoxy) is 1. The molecule has 0 saturated heterocycles. The van der Waals surface area contributed by atoms with Crippen LogP contribution in [0.1, 0.15) is 42.6 Å². The van der Waals surface area contributed by atoms with E-state index in [1.807, 2.05) is 12.1 Å². The maximum atomic E-state index is 5.94. The van der Waals surface area contributed by atoms with Crippen molar-refractivity contribution < 1.29 is 4.74 Å². The molecule has 0 radical (unpaired) electrons. The van der Waals surface area contributed by atoms with E-state index < -0.39 is 0 Å². The summed E-state index contributed by atoms with van der Waals surface area (Å²) in [5.74, 6) is 1.04. The Bertz CT molecular complexity index is 624. The monoisotopic (exact) mass is 301 g/mol. The van der Waals surface area contributed by atoms with Crippen LogP contribution in [0, 0.1) is 0 Å². The molecule has 2 aromatic carbocycles. The second-order valence-electron chi connectivity index (χ2n) is 5.63. The maximum Gasteiger partial charge on any atom is 0.122 e. The molecule has 21 heavy (non-hydrogen) atoms. The molecule has 1 aliphatic rings. The van der Waals surface area contributed by atoms with Crippen molar-refractivity contribution in [1.29, 1.82) is 0 Å². The molecule has 3 rings (SSSR count). The minimum atomic E-state index is 0.279. The highest BCUT2D eigenvalue weighted by atomic mass is 35.5. The second kappa shape index (κ2) is 6.08. The van der Waals surface area contributed by atoms with Gasteiger partial charge in [-0.25, -0.2) is 0 Å². The van der Waals surface area contributed by atoms with Crippen LogP contribution in [0.15, 0.2) is 42.5 Å². The van der Waals surface area contributed by atoms with Gasteiger partial charge in [-0.1, -0.05) is 35.9 Å². The SMILES string of the molecule is CC(NC(C)c1ccc2c(c1)CCO2)c1ccc(Cl)cc1. The summed E-state index contributed by atoms with van der Waals surface area (Å²) < 4.78 is 5.56. The van der Waals surface area contributed by atoms with Crippen LogP contribution in [-0.2, 0) is 6.42 Å². The molecular weight excluding hydrogens is 282 g/mol. The summed E-state index contributed by atoms with van der Waals surface area (Å²) in [7, 11) is 0. The molecule has 0 saturated carbocycles. The fourth-order valence-corrected chi connectivity index (χ4v) is 2.92. The minimum Gasteiger partial charge on any atom is -0.493 e. The molecule has 2 nitrogen and oxygen atoms in total. The number of fused-ring (bicyclic) bond motifs is 1. The van der Waals surface area contributed by atoms with Crippen molar-refractivity contribution in [2.24, 2.45) is 0 Å². The lowest BCUT2D eigenvalue weighted by atomic mass is 10.0. The van der Waals surface area contributed by atoms with Gasteiger partial charge < -0.3 is 10.1 Å². The average molecular weight is 302 g/mol. The Labute approximate surface area is 131 Å². The van der Waals surface area contributed by atoms with Gasteiger partial charge in [0, 0.05) is 23.5 Å². The van der Waals surface area contributed by atoms with Crippen LogP contribution in [0.4, 0.5) is 0 Å². The third-order valence-electron chi connectivity index (χ3n) is 4.08. The van der Waals surface area contributed by atoms with Crippen LogP contribution in [0.5, 0.6) is 5.75 Å². The lowest BCUT2D eigenvalue weighted by Crippen LogP contribution is -2.22. The number of benzene rings is 2. The van der Waals surface area contributed by atoms with E-state index in [4.69, 9.17) is 16.3 Å². The van der Waals surface area contributed by atoms with E-state index in [2.05, 4.69) is 49.5 Å². The third kappa shape index (κ3) is 3.22. The van der Waals surface area contributed by atoms with Crippen molar-refractivity contribution in [2.45, 2.75) is 32.4 Å². The molecule has 1 heterocycles. The average Bonchev–Trinajstić information content (AvgIpc) is 2.95. The van der Waals surface area contributed by atoms with E-state index in [0.29, 0.717) is 6.04 Å². The lowest BCUT2D eigenvalue weighted by Gasteiger charge is -2.21. The summed E-state index contributed by atoms with van der Waals surface area (Å²) >= 11 is 5.94. The molecule has 0 fully saturated rings. The molecule has 0 bridgehead atoms. The summed E-state index contributed by atoms with van der Waals surface area (Å²) in [5, 5.41) is 4.41. The zero-order chi connectivity index (χ0) is 14.8. The fourth-order valence-electron chi connectivity index (χ4n) is 2.79. The molecule has 1 N–H and O–H groups in total. The van der Waals surface area contributed by atoms with Gasteiger partial charge in [0.2, 0.25) is 0 Å². The zero-order valence-electron chi connectivity index (χ0n) is 12.4. The van der Waals surface area contributed by atoms with Gasteiger partial charge in [-0.05, 0) is 48.7 Å². The molecule has 0 aromatic heterocycles. The van der Waals surface area contributed by atoms with Gasteiger partial charge in [0.05, 0.1) is 6.61 Å². The van der Waals surface area contributed by atoms with E-state index in [-0.39, 0.29) is 6.04 Å². The summed E-state index contributed by atoms with van der Waals surface area (Å²) in [6, 6.07) is 15.1. The fraction of sp³-hybridized carbons (Fsp3) is 0.333. The molecule has 0 spiro atoms. The summed E-state index contributed by atoms with van der Waals surface area (Å²) in [6.07, 6.45) is 1.02. The quantitative estimate of drug-likeness (QED) is 0.885. The molecule has 2 atom stereocenters. The Morgan fingerprint density at radius 1 is 1.00 bits per heavy atom. The Balaban J connectivity index is 1.70. The highest BCUT2D eigenvalue weighted by Gasteiger charge is 2.16. The molecule has 110 valence electrons. The van der Waals surface area contributed by atoms with Crippen molar-refractivity contribution in [2.75, 3.05) is 6.61 Å². The standard InChI is InChI=1S/C18H20ClNO/c1-12(14-3-6-17(19)7-4-14)20-13(2)15-5-8-18-16(11-15)9-10-21-18/h3-8,11-13,20H,9-10H2,1-2H3. The van der Waals surface area contributed by atoms with E-state index in [9.17, 15) is 0 Å². The number of rotatable bonds is 4. The molecule has 0 amide bonds. The topological polar surface area (TPSA) is 21.3 Å². The first-order valence-corrected chi connectivity index (χ1v) is 7.78. The first-order chi connectivity index (χ1) is 10.1. The molecule has 2 aromatic rings. The summed E-state index contributed by atoms with van der Waals surface area (Å²) in [6.45, 7) is 5.18. The third-order valence-corrected chi connectivity index (χ3v) is 4.34. The molecule has 3 heteroatoms. The van der Waals surface area contributed by atoms with Crippen LogP contribution in [-0.4, -0.2) is 6.61 Å². The number of hydrogen-bond acceptors (Lipinski definition) is 2. The Hall–Kier alpha value is -1.51. The number of halogens is 1. The molecule has 1 aliphatic heterocycles. The predicted octanol–water partition coefficient (Wildman–Crippen LogP) is 4.69. The van der Waals surface area contributed by atoms with Crippen molar-refractivity contribution in [3.05, 3.63) is 64.2 Å². The normalized spacial score (nSPS) is 16.1. The van der Waals surface area contributed by atoms with Gasteiger partial charge in [-0.15, -0.1) is 0 Å². The van der Waals surface area contributed by atoms with Crippen LogP contribution >= 0.6 is 11.6 Å². The van der Waals surface area contributed by atoms with Crippen molar-refractivity contribution >= 4 is 11.6 Å². The van der Waals surface area contributed by atoms with Crippen LogP contribution in [0.2, 0.25) is 5.02 Å². The highest BCUT2D eigenvalue weighted by Crippen LogP contribution is 2.29. The van der Waals surface area contributed by atoms with Gasteiger partial charge in [0.15, 0.2) is 0 Å². The van der Waals surface area contributed by atoms with Gasteiger partial charge in [-0.2, -0.15) is 0 Å². The van der Waals surface area contributed by atoms with Crippen LogP contribution in [0.25, 0.3) is 0 Å². The number of nitrogens with one attached hydrogen (secondary N) is 1. The van der Waals surface area contributed by atoms with Gasteiger partial charge in [0.1, 0.15) is 5.75 Å². The maximum absolute atomic E-state index is 5.94.